The minimum Gasteiger partial charge on any atom is -0.477 e. The molecule has 1 rings (SSSR count). The minimum absolute atomic E-state index is 0.250. The van der Waals surface area contributed by atoms with Crippen LogP contribution in [0.3, 0.4) is 0 Å². The van der Waals surface area contributed by atoms with Crippen LogP contribution in [0.4, 0.5) is 11.4 Å². The third kappa shape index (κ3) is 3.63. The molecule has 0 radical (unpaired) electrons. The quantitative estimate of drug-likeness (QED) is 0.615. The summed E-state index contributed by atoms with van der Waals surface area (Å²) >= 11 is 1.71. The summed E-state index contributed by atoms with van der Waals surface area (Å²) in [5.41, 5.74) is -0.00600. The number of nitro benzene ring substituents is 1. The zero-order valence-electron chi connectivity index (χ0n) is 11.7. The standard InChI is InChI=1S/C13H18N2O4S/c1-4-9(8-20-3)14(2)10-5-6-11(13(16)17)12(7-10)15(18)19/h5-7,9H,4,8H2,1-3H3,(H,16,17). The molecule has 0 bridgehead atoms. The van der Waals surface area contributed by atoms with Gasteiger partial charge in [-0.3, -0.25) is 10.1 Å². The maximum Gasteiger partial charge on any atom is 0.342 e. The van der Waals surface area contributed by atoms with Crippen LogP contribution in [0.15, 0.2) is 18.2 Å². The van der Waals surface area contributed by atoms with E-state index < -0.39 is 10.9 Å². The molecule has 0 aliphatic heterocycles. The number of rotatable bonds is 7. The van der Waals surface area contributed by atoms with Gasteiger partial charge in [-0.1, -0.05) is 6.92 Å². The molecule has 1 unspecified atom stereocenters. The highest BCUT2D eigenvalue weighted by Gasteiger charge is 2.22. The highest BCUT2D eigenvalue weighted by atomic mass is 32.2. The fraction of sp³-hybridized carbons (Fsp3) is 0.462. The first-order valence-electron chi connectivity index (χ1n) is 6.15. The Labute approximate surface area is 121 Å². The summed E-state index contributed by atoms with van der Waals surface area (Å²) in [6.45, 7) is 2.05. The van der Waals surface area contributed by atoms with E-state index in [2.05, 4.69) is 6.92 Å². The molecule has 1 aromatic carbocycles. The van der Waals surface area contributed by atoms with Crippen LogP contribution in [-0.4, -0.2) is 41.1 Å². The normalized spacial score (nSPS) is 11.9. The van der Waals surface area contributed by atoms with Crippen LogP contribution in [0.2, 0.25) is 0 Å². The van der Waals surface area contributed by atoms with Gasteiger partial charge < -0.3 is 10.0 Å². The molecule has 110 valence electrons. The highest BCUT2D eigenvalue weighted by Crippen LogP contribution is 2.27. The Morgan fingerprint density at radius 2 is 2.20 bits per heavy atom. The van der Waals surface area contributed by atoms with Crippen molar-refractivity contribution in [1.29, 1.82) is 0 Å². The number of nitro groups is 1. The minimum atomic E-state index is -1.29. The summed E-state index contributed by atoms with van der Waals surface area (Å²) in [4.78, 5) is 23.3. The summed E-state index contributed by atoms with van der Waals surface area (Å²) in [5, 5.41) is 19.9. The lowest BCUT2D eigenvalue weighted by molar-refractivity contribution is -0.385. The average molecular weight is 298 g/mol. The van der Waals surface area contributed by atoms with Gasteiger partial charge in [0.15, 0.2) is 0 Å². The average Bonchev–Trinajstić information content (AvgIpc) is 2.43. The van der Waals surface area contributed by atoms with Crippen LogP contribution >= 0.6 is 11.8 Å². The summed E-state index contributed by atoms with van der Waals surface area (Å²) in [6, 6.07) is 4.48. The maximum absolute atomic E-state index is 11.0. The molecule has 0 amide bonds. The van der Waals surface area contributed by atoms with Gasteiger partial charge in [0.25, 0.3) is 5.69 Å². The predicted octanol–water partition coefficient (Wildman–Crippen LogP) is 2.87. The van der Waals surface area contributed by atoms with Crippen LogP contribution < -0.4 is 4.90 Å². The van der Waals surface area contributed by atoms with Gasteiger partial charge in [-0.05, 0) is 24.8 Å². The van der Waals surface area contributed by atoms with Crippen molar-refractivity contribution in [2.24, 2.45) is 0 Å². The molecule has 20 heavy (non-hydrogen) atoms. The van der Waals surface area contributed by atoms with Crippen LogP contribution in [0.1, 0.15) is 23.7 Å². The first kappa shape index (κ1) is 16.3. The molecule has 6 nitrogen and oxygen atoms in total. The Hall–Kier alpha value is -1.76. The summed E-state index contributed by atoms with van der Waals surface area (Å²) in [6.07, 6.45) is 2.91. The second-order valence-electron chi connectivity index (χ2n) is 4.39. The fourth-order valence-electron chi connectivity index (χ4n) is 1.98. The van der Waals surface area contributed by atoms with Crippen molar-refractivity contribution in [3.05, 3.63) is 33.9 Å². The number of anilines is 1. The van der Waals surface area contributed by atoms with Crippen molar-refractivity contribution in [1.82, 2.24) is 0 Å². The molecule has 1 atom stereocenters. The van der Waals surface area contributed by atoms with E-state index in [4.69, 9.17) is 5.11 Å². The lowest BCUT2D eigenvalue weighted by Gasteiger charge is -2.28. The Morgan fingerprint density at radius 1 is 1.55 bits per heavy atom. The molecule has 0 spiro atoms. The van der Waals surface area contributed by atoms with E-state index in [1.54, 1.807) is 17.8 Å². The zero-order valence-corrected chi connectivity index (χ0v) is 12.5. The molecule has 0 heterocycles. The van der Waals surface area contributed by atoms with E-state index in [0.29, 0.717) is 5.69 Å². The van der Waals surface area contributed by atoms with Gasteiger partial charge in [-0.15, -0.1) is 0 Å². The van der Waals surface area contributed by atoms with Crippen LogP contribution in [0.25, 0.3) is 0 Å². The number of hydrogen-bond acceptors (Lipinski definition) is 5. The van der Waals surface area contributed by atoms with Gasteiger partial charge in [-0.2, -0.15) is 11.8 Å². The van der Waals surface area contributed by atoms with Crippen LogP contribution in [0.5, 0.6) is 0 Å². The topological polar surface area (TPSA) is 83.7 Å². The number of carboxylic acid groups (broad SMARTS) is 1. The van der Waals surface area contributed by atoms with Gasteiger partial charge in [0.1, 0.15) is 5.56 Å². The molecule has 0 fully saturated rings. The fourth-order valence-corrected chi connectivity index (χ4v) is 2.82. The number of benzene rings is 1. The van der Waals surface area contributed by atoms with Gasteiger partial charge in [0.2, 0.25) is 0 Å². The molecular formula is C13H18N2O4S. The molecule has 0 saturated carbocycles. The van der Waals surface area contributed by atoms with Gasteiger partial charge >= 0.3 is 5.97 Å². The van der Waals surface area contributed by atoms with Gasteiger partial charge in [0.05, 0.1) is 4.92 Å². The summed E-state index contributed by atoms with van der Waals surface area (Å²) < 4.78 is 0. The van der Waals surface area contributed by atoms with Crippen molar-refractivity contribution in [3.8, 4) is 0 Å². The molecule has 1 N–H and O–H groups in total. The Balaban J connectivity index is 3.17. The number of hydrogen-bond donors (Lipinski definition) is 1. The molecule has 0 aliphatic rings. The molecular weight excluding hydrogens is 280 g/mol. The van der Waals surface area contributed by atoms with Crippen molar-refractivity contribution < 1.29 is 14.8 Å². The summed E-state index contributed by atoms with van der Waals surface area (Å²) in [7, 11) is 1.86. The molecule has 1 aromatic rings. The third-order valence-corrected chi connectivity index (χ3v) is 3.91. The van der Waals surface area contributed by atoms with E-state index in [1.807, 2.05) is 18.2 Å². The van der Waals surface area contributed by atoms with Crippen LogP contribution in [-0.2, 0) is 0 Å². The highest BCUT2D eigenvalue weighted by molar-refractivity contribution is 7.98. The Kier molecular flexibility index (Phi) is 5.82. The third-order valence-electron chi connectivity index (χ3n) is 3.19. The second kappa shape index (κ2) is 7.14. The molecule has 0 saturated heterocycles. The lowest BCUT2D eigenvalue weighted by atomic mass is 10.1. The van der Waals surface area contributed by atoms with E-state index in [9.17, 15) is 14.9 Å². The number of nitrogens with zero attached hydrogens (tertiary/aromatic N) is 2. The maximum atomic E-state index is 11.0. The number of carbonyl (C=O) groups is 1. The second-order valence-corrected chi connectivity index (χ2v) is 5.30. The predicted molar refractivity (Wildman–Crippen MR) is 80.9 cm³/mol. The van der Waals surface area contributed by atoms with Gasteiger partial charge in [0, 0.05) is 30.6 Å². The molecule has 0 aliphatic carbocycles. The Bertz CT molecular complexity index is 507. The first-order valence-corrected chi connectivity index (χ1v) is 7.55. The van der Waals surface area contributed by atoms with Crippen molar-refractivity contribution in [2.45, 2.75) is 19.4 Å². The first-order chi connectivity index (χ1) is 9.42. The molecule has 7 heteroatoms. The monoisotopic (exact) mass is 298 g/mol. The van der Waals surface area contributed by atoms with E-state index in [-0.39, 0.29) is 17.3 Å². The van der Waals surface area contributed by atoms with Crippen molar-refractivity contribution in [3.63, 3.8) is 0 Å². The number of carboxylic acids is 1. The van der Waals surface area contributed by atoms with Crippen molar-refractivity contribution in [2.75, 3.05) is 24.0 Å². The Morgan fingerprint density at radius 3 is 2.65 bits per heavy atom. The number of aromatic carboxylic acids is 1. The smallest absolute Gasteiger partial charge is 0.342 e. The van der Waals surface area contributed by atoms with E-state index in [1.165, 1.54) is 12.1 Å². The van der Waals surface area contributed by atoms with Gasteiger partial charge in [-0.25, -0.2) is 4.79 Å². The largest absolute Gasteiger partial charge is 0.477 e. The SMILES string of the molecule is CCC(CSC)N(C)c1ccc(C(=O)O)c([N+](=O)[O-])c1. The van der Waals surface area contributed by atoms with Crippen LogP contribution in [0, 0.1) is 10.1 Å². The van der Waals surface area contributed by atoms with Crippen molar-refractivity contribution >= 4 is 29.1 Å². The van der Waals surface area contributed by atoms with E-state index >= 15 is 0 Å². The lowest BCUT2D eigenvalue weighted by Crippen LogP contribution is -2.33. The zero-order chi connectivity index (χ0) is 15.3. The van der Waals surface area contributed by atoms with E-state index in [0.717, 1.165) is 12.2 Å². The summed E-state index contributed by atoms with van der Waals surface area (Å²) in [5.74, 6) is -0.386. The number of thioether (sulfide) groups is 1. The molecule has 0 aromatic heterocycles.